The molecule has 1 aliphatic heterocycles. The fraction of sp³-hybridized carbons (Fsp3) is 0.385. The Kier molecular flexibility index (Phi) is 3.20. The second kappa shape index (κ2) is 4.86. The lowest BCUT2D eigenvalue weighted by Gasteiger charge is -2.14. The van der Waals surface area contributed by atoms with Crippen LogP contribution in [0, 0.1) is 0 Å². The van der Waals surface area contributed by atoms with Crippen molar-refractivity contribution < 1.29 is 14.4 Å². The van der Waals surface area contributed by atoms with Gasteiger partial charge >= 0.3 is 0 Å². The van der Waals surface area contributed by atoms with Crippen molar-refractivity contribution in [1.29, 1.82) is 0 Å². The van der Waals surface area contributed by atoms with E-state index in [1.807, 2.05) is 24.3 Å². The van der Waals surface area contributed by atoms with Gasteiger partial charge in [-0.05, 0) is 36.4 Å². The van der Waals surface area contributed by atoms with Crippen LogP contribution >= 0.6 is 11.8 Å². The van der Waals surface area contributed by atoms with Crippen LogP contribution in [0.15, 0.2) is 28.8 Å². The largest absolute Gasteiger partial charge is 0.497 e. The maximum absolute atomic E-state index is 10.4. The van der Waals surface area contributed by atoms with Crippen LogP contribution in [0.4, 0.5) is 0 Å². The van der Waals surface area contributed by atoms with Gasteiger partial charge in [-0.3, -0.25) is 0 Å². The Morgan fingerprint density at radius 1 is 1.37 bits per heavy atom. The van der Waals surface area contributed by atoms with Gasteiger partial charge in [0, 0.05) is 11.3 Å². The van der Waals surface area contributed by atoms with Crippen LogP contribution < -0.4 is 4.74 Å². The van der Waals surface area contributed by atoms with E-state index in [1.54, 1.807) is 18.9 Å². The van der Waals surface area contributed by atoms with Crippen molar-refractivity contribution in [2.75, 3.05) is 18.6 Å². The van der Waals surface area contributed by atoms with Gasteiger partial charge in [0.05, 0.1) is 7.11 Å². The van der Waals surface area contributed by atoms with Crippen LogP contribution in [-0.4, -0.2) is 33.9 Å². The van der Waals surface area contributed by atoms with E-state index in [0.29, 0.717) is 23.9 Å². The SMILES string of the molecule is COc1ccc(-c2noc(C3(O)CCSC3)n2)cc1. The Morgan fingerprint density at radius 2 is 2.16 bits per heavy atom. The summed E-state index contributed by atoms with van der Waals surface area (Å²) in [7, 11) is 1.62. The smallest absolute Gasteiger partial charge is 0.259 e. The molecular weight excluding hydrogens is 264 g/mol. The van der Waals surface area contributed by atoms with Gasteiger partial charge in [0.15, 0.2) is 5.60 Å². The van der Waals surface area contributed by atoms with Gasteiger partial charge in [0.2, 0.25) is 5.82 Å². The van der Waals surface area contributed by atoms with E-state index in [0.717, 1.165) is 17.1 Å². The summed E-state index contributed by atoms with van der Waals surface area (Å²) in [5.41, 5.74) is -0.132. The standard InChI is InChI=1S/C13H14N2O3S/c1-17-10-4-2-9(3-5-10)11-14-12(18-15-11)13(16)6-7-19-8-13/h2-5,16H,6-8H2,1H3. The lowest BCUT2D eigenvalue weighted by Crippen LogP contribution is -2.25. The molecule has 5 nitrogen and oxygen atoms in total. The van der Waals surface area contributed by atoms with E-state index in [4.69, 9.17) is 9.26 Å². The molecule has 2 aromatic rings. The molecule has 1 saturated heterocycles. The second-order valence-corrected chi connectivity index (χ2v) is 5.59. The molecule has 1 aliphatic rings. The molecule has 1 atom stereocenters. The van der Waals surface area contributed by atoms with Crippen LogP contribution in [0.25, 0.3) is 11.4 Å². The summed E-state index contributed by atoms with van der Waals surface area (Å²) in [6, 6.07) is 7.40. The normalized spacial score (nSPS) is 22.6. The molecule has 0 bridgehead atoms. The zero-order chi connectivity index (χ0) is 13.3. The van der Waals surface area contributed by atoms with Crippen LogP contribution in [0.3, 0.4) is 0 Å². The first kappa shape index (κ1) is 12.5. The zero-order valence-corrected chi connectivity index (χ0v) is 11.3. The van der Waals surface area contributed by atoms with Gasteiger partial charge < -0.3 is 14.4 Å². The van der Waals surface area contributed by atoms with Crippen molar-refractivity contribution in [3.8, 4) is 17.1 Å². The maximum atomic E-state index is 10.4. The summed E-state index contributed by atoms with van der Waals surface area (Å²) in [6.45, 7) is 0. The van der Waals surface area contributed by atoms with Gasteiger partial charge in [-0.25, -0.2) is 0 Å². The highest BCUT2D eigenvalue weighted by atomic mass is 32.2. The summed E-state index contributed by atoms with van der Waals surface area (Å²) >= 11 is 1.69. The van der Waals surface area contributed by atoms with E-state index in [9.17, 15) is 5.11 Å². The Hall–Kier alpha value is -1.53. The monoisotopic (exact) mass is 278 g/mol. The third-order valence-corrected chi connectivity index (χ3v) is 4.35. The first-order chi connectivity index (χ1) is 9.21. The molecule has 1 aromatic heterocycles. The highest BCUT2D eigenvalue weighted by Crippen LogP contribution is 2.36. The fourth-order valence-electron chi connectivity index (χ4n) is 1.99. The number of benzene rings is 1. The maximum Gasteiger partial charge on any atom is 0.259 e. The predicted octanol–water partition coefficient (Wildman–Crippen LogP) is 2.07. The molecule has 0 radical (unpaired) electrons. The molecule has 1 N–H and O–H groups in total. The van der Waals surface area contributed by atoms with E-state index in [1.165, 1.54) is 0 Å². The number of methoxy groups -OCH3 is 1. The third-order valence-electron chi connectivity index (χ3n) is 3.17. The van der Waals surface area contributed by atoms with E-state index in [-0.39, 0.29) is 0 Å². The molecule has 1 fully saturated rings. The third kappa shape index (κ3) is 2.33. The van der Waals surface area contributed by atoms with Crippen LogP contribution in [0.1, 0.15) is 12.3 Å². The van der Waals surface area contributed by atoms with Crippen LogP contribution in [-0.2, 0) is 5.60 Å². The first-order valence-electron chi connectivity index (χ1n) is 6.00. The van der Waals surface area contributed by atoms with Crippen molar-refractivity contribution in [2.45, 2.75) is 12.0 Å². The number of ether oxygens (including phenoxy) is 1. The number of hydrogen-bond acceptors (Lipinski definition) is 6. The van der Waals surface area contributed by atoms with Crippen molar-refractivity contribution in [3.05, 3.63) is 30.2 Å². The van der Waals surface area contributed by atoms with Crippen molar-refractivity contribution in [2.24, 2.45) is 0 Å². The molecule has 19 heavy (non-hydrogen) atoms. The second-order valence-electron chi connectivity index (χ2n) is 4.49. The van der Waals surface area contributed by atoms with E-state index in [2.05, 4.69) is 10.1 Å². The number of aliphatic hydroxyl groups is 1. The molecule has 0 aliphatic carbocycles. The number of aromatic nitrogens is 2. The molecule has 100 valence electrons. The summed E-state index contributed by atoms with van der Waals surface area (Å²) < 4.78 is 10.3. The molecule has 2 heterocycles. The topological polar surface area (TPSA) is 68.4 Å². The Balaban J connectivity index is 1.87. The molecular formula is C13H14N2O3S. The van der Waals surface area contributed by atoms with Gasteiger partial charge in [0.25, 0.3) is 5.89 Å². The Bertz CT molecular complexity index is 562. The average Bonchev–Trinajstić information content (AvgIpc) is 3.08. The Morgan fingerprint density at radius 3 is 2.79 bits per heavy atom. The first-order valence-corrected chi connectivity index (χ1v) is 7.15. The van der Waals surface area contributed by atoms with Crippen molar-refractivity contribution in [3.63, 3.8) is 0 Å². The van der Waals surface area contributed by atoms with E-state index >= 15 is 0 Å². The van der Waals surface area contributed by atoms with Gasteiger partial charge in [-0.15, -0.1) is 0 Å². The quantitative estimate of drug-likeness (QED) is 0.927. The van der Waals surface area contributed by atoms with Gasteiger partial charge in [-0.1, -0.05) is 5.16 Å². The predicted molar refractivity (Wildman–Crippen MR) is 72.1 cm³/mol. The van der Waals surface area contributed by atoms with Crippen molar-refractivity contribution in [1.82, 2.24) is 10.1 Å². The lowest BCUT2D eigenvalue weighted by molar-refractivity contribution is 0.0307. The average molecular weight is 278 g/mol. The molecule has 0 amide bonds. The molecule has 3 rings (SSSR count). The Labute approximate surface area is 115 Å². The minimum absolute atomic E-state index is 0.309. The summed E-state index contributed by atoms with van der Waals surface area (Å²) in [5.74, 6) is 3.10. The van der Waals surface area contributed by atoms with E-state index < -0.39 is 5.60 Å². The molecule has 6 heteroatoms. The lowest BCUT2D eigenvalue weighted by atomic mass is 10.0. The zero-order valence-electron chi connectivity index (χ0n) is 10.5. The molecule has 0 spiro atoms. The summed E-state index contributed by atoms with van der Waals surface area (Å²) in [4.78, 5) is 4.31. The minimum atomic E-state index is -0.970. The van der Waals surface area contributed by atoms with Gasteiger partial charge in [-0.2, -0.15) is 16.7 Å². The number of nitrogens with zero attached hydrogens (tertiary/aromatic N) is 2. The van der Waals surface area contributed by atoms with Crippen molar-refractivity contribution >= 4 is 11.8 Å². The number of hydrogen-bond donors (Lipinski definition) is 1. The molecule has 1 aromatic carbocycles. The van der Waals surface area contributed by atoms with Gasteiger partial charge in [0.1, 0.15) is 5.75 Å². The van der Waals surface area contributed by atoms with Crippen LogP contribution in [0.5, 0.6) is 5.75 Å². The molecule has 0 saturated carbocycles. The molecule has 1 unspecified atom stereocenters. The number of thioether (sulfide) groups is 1. The summed E-state index contributed by atoms with van der Waals surface area (Å²) in [6.07, 6.45) is 0.655. The highest BCUT2D eigenvalue weighted by Gasteiger charge is 2.39. The highest BCUT2D eigenvalue weighted by molar-refractivity contribution is 7.99. The number of rotatable bonds is 3. The fourth-order valence-corrected chi connectivity index (χ4v) is 3.22. The minimum Gasteiger partial charge on any atom is -0.497 e. The van der Waals surface area contributed by atoms with Crippen LogP contribution in [0.2, 0.25) is 0 Å². The summed E-state index contributed by atoms with van der Waals surface area (Å²) in [5, 5.41) is 14.3.